The fraction of sp³-hybridized carbons (Fsp3) is 0.600. The molecule has 0 saturated heterocycles. The molecule has 0 aliphatic heterocycles. The van der Waals surface area contributed by atoms with Gasteiger partial charge in [-0.1, -0.05) is 45.1 Å². The van der Waals surface area contributed by atoms with Crippen LogP contribution in [-0.4, -0.2) is 24.4 Å². The molecule has 0 bridgehead atoms. The molecule has 1 saturated carbocycles. The number of benzene rings is 1. The van der Waals surface area contributed by atoms with Gasteiger partial charge in [-0.15, -0.1) is 0 Å². The number of amides is 2. The highest BCUT2D eigenvalue weighted by molar-refractivity contribution is 5.91. The first-order chi connectivity index (χ1) is 12.2. The Labute approximate surface area is 151 Å². The molecule has 5 heteroatoms. The van der Waals surface area contributed by atoms with E-state index in [1.165, 1.54) is 19.3 Å². The SMILES string of the molecule is CCCCCC(=O)Nc1cccc(NCC(=O)NC2CCCCC2)c1. The van der Waals surface area contributed by atoms with Crippen molar-refractivity contribution in [3.05, 3.63) is 24.3 Å². The predicted octanol–water partition coefficient (Wildman–Crippen LogP) is 4.07. The lowest BCUT2D eigenvalue weighted by atomic mass is 9.95. The van der Waals surface area contributed by atoms with Crippen molar-refractivity contribution in [1.29, 1.82) is 0 Å². The Bertz CT molecular complexity index is 554. The lowest BCUT2D eigenvalue weighted by Crippen LogP contribution is -2.39. The minimum absolute atomic E-state index is 0.0286. The first-order valence-electron chi connectivity index (χ1n) is 9.60. The molecule has 25 heavy (non-hydrogen) atoms. The number of hydrogen-bond acceptors (Lipinski definition) is 3. The fourth-order valence-corrected chi connectivity index (χ4v) is 3.17. The molecule has 1 aromatic carbocycles. The number of carbonyl (C=O) groups is 2. The average molecular weight is 345 g/mol. The second-order valence-electron chi connectivity index (χ2n) is 6.84. The van der Waals surface area contributed by atoms with E-state index in [1.54, 1.807) is 0 Å². The number of anilines is 2. The van der Waals surface area contributed by atoms with Gasteiger partial charge in [0.15, 0.2) is 0 Å². The minimum atomic E-state index is 0.0286. The topological polar surface area (TPSA) is 70.2 Å². The van der Waals surface area contributed by atoms with E-state index in [2.05, 4.69) is 22.9 Å². The summed E-state index contributed by atoms with van der Waals surface area (Å²) in [6.07, 6.45) is 9.52. The Morgan fingerprint density at radius 3 is 2.56 bits per heavy atom. The zero-order chi connectivity index (χ0) is 17.9. The van der Waals surface area contributed by atoms with E-state index in [1.807, 2.05) is 24.3 Å². The molecule has 0 atom stereocenters. The van der Waals surface area contributed by atoms with Crippen LogP contribution in [0.5, 0.6) is 0 Å². The summed E-state index contributed by atoms with van der Waals surface area (Å²) in [7, 11) is 0. The van der Waals surface area contributed by atoms with Crippen LogP contribution in [0.3, 0.4) is 0 Å². The molecule has 2 rings (SSSR count). The zero-order valence-electron chi connectivity index (χ0n) is 15.3. The third kappa shape index (κ3) is 7.59. The van der Waals surface area contributed by atoms with Crippen molar-refractivity contribution >= 4 is 23.2 Å². The van der Waals surface area contributed by atoms with Gasteiger partial charge in [0.25, 0.3) is 0 Å². The molecule has 3 N–H and O–H groups in total. The molecule has 2 amide bonds. The molecule has 0 aromatic heterocycles. The largest absolute Gasteiger partial charge is 0.376 e. The van der Waals surface area contributed by atoms with Crippen molar-refractivity contribution in [1.82, 2.24) is 5.32 Å². The van der Waals surface area contributed by atoms with Gasteiger partial charge in [-0.2, -0.15) is 0 Å². The first kappa shape index (κ1) is 19.3. The van der Waals surface area contributed by atoms with Crippen LogP contribution >= 0.6 is 0 Å². The second kappa shape index (κ2) is 10.7. The molecule has 1 aliphatic rings. The predicted molar refractivity (Wildman–Crippen MR) is 103 cm³/mol. The lowest BCUT2D eigenvalue weighted by molar-refractivity contribution is -0.120. The summed E-state index contributed by atoms with van der Waals surface area (Å²) in [4.78, 5) is 23.9. The summed E-state index contributed by atoms with van der Waals surface area (Å²) in [6, 6.07) is 7.84. The van der Waals surface area contributed by atoms with Crippen molar-refractivity contribution in [3.8, 4) is 0 Å². The number of rotatable bonds is 9. The van der Waals surface area contributed by atoms with Crippen LogP contribution in [0.15, 0.2) is 24.3 Å². The van der Waals surface area contributed by atoms with Gasteiger partial charge in [0.1, 0.15) is 0 Å². The maximum absolute atomic E-state index is 12.1. The van der Waals surface area contributed by atoms with E-state index in [-0.39, 0.29) is 18.4 Å². The summed E-state index contributed by atoms with van der Waals surface area (Å²) in [5.41, 5.74) is 1.60. The summed E-state index contributed by atoms with van der Waals surface area (Å²) >= 11 is 0. The molecule has 0 heterocycles. The Hall–Kier alpha value is -2.04. The molecule has 0 unspecified atom stereocenters. The monoisotopic (exact) mass is 345 g/mol. The first-order valence-corrected chi connectivity index (χ1v) is 9.60. The van der Waals surface area contributed by atoms with Crippen molar-refractivity contribution in [2.75, 3.05) is 17.2 Å². The summed E-state index contributed by atoms with van der Waals surface area (Å²) in [5, 5.41) is 9.15. The molecule has 1 fully saturated rings. The van der Waals surface area contributed by atoms with Crippen molar-refractivity contribution in [2.45, 2.75) is 70.8 Å². The molecule has 138 valence electrons. The molecule has 0 spiro atoms. The summed E-state index contributed by atoms with van der Waals surface area (Å²) in [6.45, 7) is 2.38. The zero-order valence-corrected chi connectivity index (χ0v) is 15.3. The van der Waals surface area contributed by atoms with Crippen LogP contribution < -0.4 is 16.0 Å². The highest BCUT2D eigenvalue weighted by Crippen LogP contribution is 2.18. The molecule has 0 radical (unpaired) electrons. The molecule has 1 aliphatic carbocycles. The Balaban J connectivity index is 1.74. The van der Waals surface area contributed by atoms with E-state index in [4.69, 9.17) is 0 Å². The van der Waals surface area contributed by atoms with Crippen LogP contribution in [0.1, 0.15) is 64.7 Å². The Kier molecular flexibility index (Phi) is 8.29. The van der Waals surface area contributed by atoms with Gasteiger partial charge >= 0.3 is 0 Å². The van der Waals surface area contributed by atoms with Crippen LogP contribution in [0.25, 0.3) is 0 Å². The van der Waals surface area contributed by atoms with Gasteiger partial charge < -0.3 is 16.0 Å². The highest BCUT2D eigenvalue weighted by atomic mass is 16.2. The van der Waals surface area contributed by atoms with Gasteiger partial charge in [-0.3, -0.25) is 9.59 Å². The van der Waals surface area contributed by atoms with E-state index < -0.39 is 0 Å². The molecular weight excluding hydrogens is 314 g/mol. The average Bonchev–Trinajstić information content (AvgIpc) is 2.61. The lowest BCUT2D eigenvalue weighted by Gasteiger charge is -2.22. The number of unbranched alkanes of at least 4 members (excludes halogenated alkanes) is 2. The smallest absolute Gasteiger partial charge is 0.239 e. The number of carbonyl (C=O) groups excluding carboxylic acids is 2. The standard InChI is InChI=1S/C20H31N3O2/c1-2-3-5-13-19(24)23-18-12-8-11-17(14-18)21-15-20(25)22-16-9-6-4-7-10-16/h8,11-12,14,16,21H,2-7,9-10,13,15H2,1H3,(H,22,25)(H,23,24). The Morgan fingerprint density at radius 1 is 1.04 bits per heavy atom. The van der Waals surface area contributed by atoms with Crippen molar-refractivity contribution < 1.29 is 9.59 Å². The minimum Gasteiger partial charge on any atom is -0.376 e. The highest BCUT2D eigenvalue weighted by Gasteiger charge is 2.15. The van der Waals surface area contributed by atoms with Gasteiger partial charge in [0.2, 0.25) is 11.8 Å². The van der Waals surface area contributed by atoms with Crippen LogP contribution in [0.4, 0.5) is 11.4 Å². The van der Waals surface area contributed by atoms with E-state index in [0.29, 0.717) is 12.5 Å². The quantitative estimate of drug-likeness (QED) is 0.591. The van der Waals surface area contributed by atoms with Crippen molar-refractivity contribution in [3.63, 3.8) is 0 Å². The van der Waals surface area contributed by atoms with E-state index >= 15 is 0 Å². The van der Waals surface area contributed by atoms with Crippen LogP contribution in [0, 0.1) is 0 Å². The van der Waals surface area contributed by atoms with Gasteiger partial charge in [0, 0.05) is 23.8 Å². The van der Waals surface area contributed by atoms with E-state index in [9.17, 15) is 9.59 Å². The molecule has 1 aromatic rings. The van der Waals surface area contributed by atoms with Crippen LogP contribution in [-0.2, 0) is 9.59 Å². The number of hydrogen-bond donors (Lipinski definition) is 3. The summed E-state index contributed by atoms with van der Waals surface area (Å²) in [5.74, 6) is 0.0709. The van der Waals surface area contributed by atoms with Crippen LogP contribution in [0.2, 0.25) is 0 Å². The van der Waals surface area contributed by atoms with E-state index in [0.717, 1.165) is 43.5 Å². The Morgan fingerprint density at radius 2 is 1.80 bits per heavy atom. The second-order valence-corrected chi connectivity index (χ2v) is 6.84. The van der Waals surface area contributed by atoms with Gasteiger partial charge in [-0.05, 0) is 37.5 Å². The number of nitrogens with one attached hydrogen (secondary N) is 3. The molecular formula is C20H31N3O2. The summed E-state index contributed by atoms with van der Waals surface area (Å²) < 4.78 is 0. The van der Waals surface area contributed by atoms with Crippen molar-refractivity contribution in [2.24, 2.45) is 0 Å². The third-order valence-corrected chi connectivity index (χ3v) is 4.58. The fourth-order valence-electron chi connectivity index (χ4n) is 3.17. The maximum Gasteiger partial charge on any atom is 0.239 e. The van der Waals surface area contributed by atoms with Gasteiger partial charge in [0.05, 0.1) is 6.54 Å². The normalized spacial score (nSPS) is 14.8. The van der Waals surface area contributed by atoms with Gasteiger partial charge in [-0.25, -0.2) is 0 Å². The maximum atomic E-state index is 12.1. The third-order valence-electron chi connectivity index (χ3n) is 4.58. The molecule has 5 nitrogen and oxygen atoms in total.